The molecular formula is C9H10N4. The maximum atomic E-state index is 4.36. The summed E-state index contributed by atoms with van der Waals surface area (Å²) in [6.07, 6.45) is 3.57. The molecule has 0 atom stereocenters. The topological polar surface area (TPSA) is 53.6 Å². The number of rotatable bonds is 2. The van der Waals surface area contributed by atoms with E-state index in [-0.39, 0.29) is 0 Å². The summed E-state index contributed by atoms with van der Waals surface area (Å²) in [5.41, 5.74) is 1.91. The van der Waals surface area contributed by atoms with Crippen LogP contribution in [0.2, 0.25) is 0 Å². The van der Waals surface area contributed by atoms with E-state index in [1.807, 2.05) is 31.4 Å². The van der Waals surface area contributed by atoms with Gasteiger partial charge in [-0.05, 0) is 12.1 Å². The van der Waals surface area contributed by atoms with Gasteiger partial charge in [0.25, 0.3) is 0 Å². The van der Waals surface area contributed by atoms with E-state index in [1.165, 1.54) is 0 Å². The lowest BCUT2D eigenvalue weighted by Crippen LogP contribution is -1.92. The Morgan fingerprint density at radius 2 is 2.31 bits per heavy atom. The Bertz CT molecular complexity index is 380. The lowest BCUT2D eigenvalue weighted by molar-refractivity contribution is 1.09. The highest BCUT2D eigenvalue weighted by atomic mass is 15.1. The fourth-order valence-electron chi connectivity index (χ4n) is 1.13. The van der Waals surface area contributed by atoms with E-state index in [9.17, 15) is 0 Å². The summed E-state index contributed by atoms with van der Waals surface area (Å²) < 4.78 is 0. The van der Waals surface area contributed by atoms with Crippen LogP contribution < -0.4 is 5.32 Å². The molecule has 2 aromatic heterocycles. The first-order chi connectivity index (χ1) is 6.40. The minimum absolute atomic E-state index is 0.860. The molecule has 66 valence electrons. The van der Waals surface area contributed by atoms with Crippen LogP contribution >= 0.6 is 0 Å². The van der Waals surface area contributed by atoms with Crippen molar-refractivity contribution < 1.29 is 0 Å². The quantitative estimate of drug-likeness (QED) is 0.725. The first-order valence-electron chi connectivity index (χ1n) is 4.04. The Labute approximate surface area is 76.0 Å². The highest BCUT2D eigenvalue weighted by Gasteiger charge is 1.99. The second-order valence-corrected chi connectivity index (χ2v) is 2.65. The molecule has 0 amide bonds. The van der Waals surface area contributed by atoms with Gasteiger partial charge in [-0.15, -0.1) is 0 Å². The van der Waals surface area contributed by atoms with Gasteiger partial charge in [0.05, 0.1) is 11.9 Å². The van der Waals surface area contributed by atoms with Gasteiger partial charge < -0.3 is 5.32 Å². The number of pyridine rings is 1. The molecular weight excluding hydrogens is 164 g/mol. The number of hydrogen-bond donors (Lipinski definition) is 2. The molecule has 0 bridgehead atoms. The summed E-state index contributed by atoms with van der Waals surface area (Å²) in [7, 11) is 1.85. The number of nitrogens with one attached hydrogen (secondary N) is 2. The van der Waals surface area contributed by atoms with Gasteiger partial charge in [-0.25, -0.2) is 4.98 Å². The fourth-order valence-corrected chi connectivity index (χ4v) is 1.13. The molecule has 0 radical (unpaired) electrons. The van der Waals surface area contributed by atoms with Crippen LogP contribution in [0.1, 0.15) is 0 Å². The van der Waals surface area contributed by atoms with E-state index < -0.39 is 0 Å². The molecule has 2 rings (SSSR count). The number of aromatic nitrogens is 3. The van der Waals surface area contributed by atoms with Crippen molar-refractivity contribution in [1.29, 1.82) is 0 Å². The predicted octanol–water partition coefficient (Wildman–Crippen LogP) is 1.51. The van der Waals surface area contributed by atoms with Crippen molar-refractivity contribution >= 4 is 5.82 Å². The van der Waals surface area contributed by atoms with E-state index in [2.05, 4.69) is 20.5 Å². The lowest BCUT2D eigenvalue weighted by atomic mass is 10.2. The Hall–Kier alpha value is -1.84. The van der Waals surface area contributed by atoms with Crippen molar-refractivity contribution in [3.63, 3.8) is 0 Å². The van der Waals surface area contributed by atoms with Gasteiger partial charge in [-0.1, -0.05) is 6.07 Å². The van der Waals surface area contributed by atoms with Crippen LogP contribution in [0.5, 0.6) is 0 Å². The van der Waals surface area contributed by atoms with E-state index in [1.54, 1.807) is 6.20 Å². The number of anilines is 1. The molecule has 0 fully saturated rings. The normalized spacial score (nSPS) is 9.92. The summed E-state index contributed by atoms with van der Waals surface area (Å²) in [5.74, 6) is 0.860. The maximum absolute atomic E-state index is 4.36. The van der Waals surface area contributed by atoms with Crippen molar-refractivity contribution in [2.45, 2.75) is 0 Å². The Morgan fingerprint density at radius 3 is 3.00 bits per heavy atom. The average Bonchev–Trinajstić information content (AvgIpc) is 2.71. The second kappa shape index (κ2) is 3.26. The molecule has 0 unspecified atom stereocenters. The van der Waals surface area contributed by atoms with E-state index in [4.69, 9.17) is 0 Å². The molecule has 4 nitrogen and oxygen atoms in total. The number of aromatic amines is 1. The second-order valence-electron chi connectivity index (χ2n) is 2.65. The van der Waals surface area contributed by atoms with Crippen LogP contribution in [-0.2, 0) is 0 Å². The standard InChI is InChI=1S/C9H10N4/c1-10-9-4-2-3-8(13-9)7-5-11-12-6-7/h2-6H,1H3,(H,10,13)(H,11,12). The van der Waals surface area contributed by atoms with Crippen LogP contribution in [0, 0.1) is 0 Å². The summed E-state index contributed by atoms with van der Waals surface area (Å²) >= 11 is 0. The highest BCUT2D eigenvalue weighted by Crippen LogP contribution is 2.16. The van der Waals surface area contributed by atoms with Crippen molar-refractivity contribution in [3.8, 4) is 11.3 Å². The molecule has 0 spiro atoms. The monoisotopic (exact) mass is 174 g/mol. The Balaban J connectivity index is 2.41. The van der Waals surface area contributed by atoms with Crippen molar-refractivity contribution in [2.75, 3.05) is 12.4 Å². The van der Waals surface area contributed by atoms with Crippen LogP contribution in [0.15, 0.2) is 30.6 Å². The smallest absolute Gasteiger partial charge is 0.126 e. The van der Waals surface area contributed by atoms with Crippen LogP contribution in [0.25, 0.3) is 11.3 Å². The Kier molecular flexibility index (Phi) is 1.96. The molecule has 0 saturated carbocycles. The zero-order chi connectivity index (χ0) is 9.10. The molecule has 13 heavy (non-hydrogen) atoms. The molecule has 2 aromatic rings. The molecule has 0 aliphatic rings. The summed E-state index contributed by atoms with van der Waals surface area (Å²) in [5, 5.41) is 9.61. The third-order valence-electron chi connectivity index (χ3n) is 1.80. The summed E-state index contributed by atoms with van der Waals surface area (Å²) in [4.78, 5) is 4.36. The van der Waals surface area contributed by atoms with E-state index >= 15 is 0 Å². The van der Waals surface area contributed by atoms with Gasteiger partial charge in [0.15, 0.2) is 0 Å². The van der Waals surface area contributed by atoms with Crippen LogP contribution in [-0.4, -0.2) is 22.2 Å². The van der Waals surface area contributed by atoms with Gasteiger partial charge in [0.1, 0.15) is 5.82 Å². The molecule has 4 heteroatoms. The van der Waals surface area contributed by atoms with Gasteiger partial charge >= 0.3 is 0 Å². The van der Waals surface area contributed by atoms with Crippen molar-refractivity contribution in [3.05, 3.63) is 30.6 Å². The largest absolute Gasteiger partial charge is 0.373 e. The lowest BCUT2D eigenvalue weighted by Gasteiger charge is -2.00. The highest BCUT2D eigenvalue weighted by molar-refractivity contribution is 5.59. The van der Waals surface area contributed by atoms with Gasteiger partial charge in [0, 0.05) is 18.8 Å². The first kappa shape index (κ1) is 7.79. The van der Waals surface area contributed by atoms with Crippen molar-refractivity contribution in [1.82, 2.24) is 15.2 Å². The number of nitrogens with zero attached hydrogens (tertiary/aromatic N) is 2. The van der Waals surface area contributed by atoms with Gasteiger partial charge in [-0.3, -0.25) is 5.10 Å². The minimum atomic E-state index is 0.860. The SMILES string of the molecule is CNc1cccc(-c2cn[nH]c2)n1. The summed E-state index contributed by atoms with van der Waals surface area (Å²) in [6, 6.07) is 5.83. The zero-order valence-corrected chi connectivity index (χ0v) is 7.28. The fraction of sp³-hybridized carbons (Fsp3) is 0.111. The minimum Gasteiger partial charge on any atom is -0.373 e. The number of H-pyrrole nitrogens is 1. The molecule has 0 aromatic carbocycles. The van der Waals surface area contributed by atoms with Gasteiger partial charge in [0.2, 0.25) is 0 Å². The first-order valence-corrected chi connectivity index (χ1v) is 4.04. The number of hydrogen-bond acceptors (Lipinski definition) is 3. The molecule has 0 aliphatic heterocycles. The molecule has 2 N–H and O–H groups in total. The third-order valence-corrected chi connectivity index (χ3v) is 1.80. The molecule has 2 heterocycles. The summed E-state index contributed by atoms with van der Waals surface area (Å²) in [6.45, 7) is 0. The maximum Gasteiger partial charge on any atom is 0.126 e. The van der Waals surface area contributed by atoms with Crippen molar-refractivity contribution in [2.24, 2.45) is 0 Å². The van der Waals surface area contributed by atoms with Crippen LogP contribution in [0.4, 0.5) is 5.82 Å². The van der Waals surface area contributed by atoms with E-state index in [0.29, 0.717) is 0 Å². The molecule has 0 saturated heterocycles. The predicted molar refractivity (Wildman–Crippen MR) is 51.4 cm³/mol. The third kappa shape index (κ3) is 1.51. The molecule has 0 aliphatic carbocycles. The average molecular weight is 174 g/mol. The Morgan fingerprint density at radius 1 is 1.38 bits per heavy atom. The van der Waals surface area contributed by atoms with Crippen LogP contribution in [0.3, 0.4) is 0 Å². The zero-order valence-electron chi connectivity index (χ0n) is 7.28. The van der Waals surface area contributed by atoms with E-state index in [0.717, 1.165) is 17.1 Å². The van der Waals surface area contributed by atoms with Gasteiger partial charge in [-0.2, -0.15) is 5.10 Å².